The maximum absolute atomic E-state index is 13.0. The van der Waals surface area contributed by atoms with Crippen molar-refractivity contribution in [1.29, 1.82) is 0 Å². The summed E-state index contributed by atoms with van der Waals surface area (Å²) in [7, 11) is -4.46. The highest BCUT2D eigenvalue weighted by Crippen LogP contribution is 2.36. The van der Waals surface area contributed by atoms with E-state index >= 15 is 0 Å². The Morgan fingerprint density at radius 3 is 2.65 bits per heavy atom. The van der Waals surface area contributed by atoms with Crippen LogP contribution in [0.3, 0.4) is 0 Å². The minimum Gasteiger partial charge on any atom is -0.272 e. The molecule has 0 saturated carbocycles. The summed E-state index contributed by atoms with van der Waals surface area (Å²) in [6.45, 7) is 7.11. The van der Waals surface area contributed by atoms with Gasteiger partial charge in [0.1, 0.15) is 0 Å². The fourth-order valence-corrected chi connectivity index (χ4v) is 3.42. The Bertz CT molecular complexity index is 1150. The minimum atomic E-state index is -4.82. The largest absolute Gasteiger partial charge is 0.417 e. The molecule has 0 radical (unpaired) electrons. The topological polar surface area (TPSA) is 80.7 Å². The van der Waals surface area contributed by atoms with Gasteiger partial charge >= 0.3 is 6.18 Å². The lowest BCUT2D eigenvalue weighted by Crippen LogP contribution is -2.17. The van der Waals surface area contributed by atoms with Crippen molar-refractivity contribution in [3.63, 3.8) is 0 Å². The second kappa shape index (κ2) is 6.15. The third-order valence-corrected chi connectivity index (χ3v) is 4.97. The molecule has 2 heterocycles. The summed E-state index contributed by atoms with van der Waals surface area (Å²) >= 11 is 5.50. The van der Waals surface area contributed by atoms with E-state index in [9.17, 15) is 21.6 Å². The van der Waals surface area contributed by atoms with Crippen molar-refractivity contribution in [2.75, 3.05) is 4.72 Å². The lowest BCUT2D eigenvalue weighted by Gasteiger charge is -2.13. The number of aromatic nitrogens is 3. The van der Waals surface area contributed by atoms with Crippen LogP contribution in [0.25, 0.3) is 10.5 Å². The fraction of sp³-hybridized carbons (Fsp3) is 0.0714. The summed E-state index contributed by atoms with van der Waals surface area (Å²) in [5.41, 5.74) is -1.21. The van der Waals surface area contributed by atoms with Crippen molar-refractivity contribution >= 4 is 38.8 Å². The highest BCUT2D eigenvalue weighted by Gasteiger charge is 2.34. The van der Waals surface area contributed by atoms with Gasteiger partial charge in [-0.05, 0) is 18.2 Å². The average molecular weight is 402 g/mol. The van der Waals surface area contributed by atoms with E-state index < -0.39 is 31.7 Å². The van der Waals surface area contributed by atoms with E-state index in [4.69, 9.17) is 18.2 Å². The molecule has 0 spiro atoms. The van der Waals surface area contributed by atoms with Gasteiger partial charge in [-0.1, -0.05) is 11.6 Å². The summed E-state index contributed by atoms with van der Waals surface area (Å²) in [5, 5.41) is 3.23. The summed E-state index contributed by atoms with van der Waals surface area (Å²) in [6.07, 6.45) is -2.36. The molecular weight excluding hydrogens is 395 g/mol. The molecule has 0 aliphatic heterocycles. The SMILES string of the molecule is [C-]#[N+]c1cnc2ccnn2c1NS(=O)(=O)c1ccc(Cl)c(C(F)(F)F)c1. The van der Waals surface area contributed by atoms with Gasteiger partial charge in [0.15, 0.2) is 11.5 Å². The Morgan fingerprint density at radius 2 is 2.00 bits per heavy atom. The molecule has 0 unspecified atom stereocenters. The van der Waals surface area contributed by atoms with Crippen LogP contribution < -0.4 is 4.72 Å². The molecule has 0 fully saturated rings. The first-order chi connectivity index (χ1) is 12.1. The summed E-state index contributed by atoms with van der Waals surface area (Å²) in [6, 6.07) is 3.66. The highest BCUT2D eigenvalue weighted by molar-refractivity contribution is 7.92. The first-order valence-corrected chi connectivity index (χ1v) is 8.59. The van der Waals surface area contributed by atoms with Gasteiger partial charge < -0.3 is 0 Å². The highest BCUT2D eigenvalue weighted by atomic mass is 35.5. The number of hydrogen-bond donors (Lipinski definition) is 1. The molecule has 0 amide bonds. The van der Waals surface area contributed by atoms with Crippen LogP contribution in [0.1, 0.15) is 5.56 Å². The van der Waals surface area contributed by atoms with Gasteiger partial charge in [-0.25, -0.2) is 22.8 Å². The molecule has 134 valence electrons. The number of hydrogen-bond acceptors (Lipinski definition) is 4. The van der Waals surface area contributed by atoms with Crippen molar-refractivity contribution < 1.29 is 21.6 Å². The quantitative estimate of drug-likeness (QED) is 0.678. The predicted octanol–water partition coefficient (Wildman–Crippen LogP) is 3.75. The van der Waals surface area contributed by atoms with Gasteiger partial charge in [0.2, 0.25) is 5.69 Å². The van der Waals surface area contributed by atoms with Gasteiger partial charge in [-0.15, -0.1) is 0 Å². The molecule has 3 rings (SSSR count). The van der Waals surface area contributed by atoms with E-state index in [2.05, 4.69) is 19.6 Å². The third-order valence-electron chi connectivity index (χ3n) is 3.30. The van der Waals surface area contributed by atoms with Gasteiger partial charge in [0.25, 0.3) is 10.0 Å². The summed E-state index contributed by atoms with van der Waals surface area (Å²) in [4.78, 5) is 6.40. The molecule has 26 heavy (non-hydrogen) atoms. The van der Waals surface area contributed by atoms with Crippen molar-refractivity contribution in [3.05, 3.63) is 58.7 Å². The van der Waals surface area contributed by atoms with Crippen molar-refractivity contribution in [3.8, 4) is 0 Å². The Balaban J connectivity index is 2.12. The maximum atomic E-state index is 13.0. The minimum absolute atomic E-state index is 0.171. The molecule has 7 nitrogen and oxygen atoms in total. The van der Waals surface area contributed by atoms with Crippen LogP contribution in [0.15, 0.2) is 41.6 Å². The zero-order chi connectivity index (χ0) is 19.1. The van der Waals surface area contributed by atoms with Crippen molar-refractivity contribution in [1.82, 2.24) is 14.6 Å². The van der Waals surface area contributed by atoms with Crippen molar-refractivity contribution in [2.24, 2.45) is 0 Å². The van der Waals surface area contributed by atoms with Gasteiger partial charge in [-0.2, -0.15) is 18.3 Å². The number of benzene rings is 1. The number of alkyl halides is 3. The number of fused-ring (bicyclic) bond motifs is 1. The number of nitrogens with zero attached hydrogens (tertiary/aromatic N) is 4. The standard InChI is InChI=1S/C14H7ClF3N5O2S/c1-19-11-7-20-12-4-5-21-23(12)13(11)22-26(24,25)8-2-3-10(15)9(6-8)14(16,17)18/h2-7,22H. The van der Waals surface area contributed by atoms with E-state index in [1.54, 1.807) is 0 Å². The second-order valence-electron chi connectivity index (χ2n) is 4.95. The van der Waals surface area contributed by atoms with Crippen LogP contribution in [-0.4, -0.2) is 23.0 Å². The van der Waals surface area contributed by atoms with E-state index in [0.29, 0.717) is 6.07 Å². The lowest BCUT2D eigenvalue weighted by molar-refractivity contribution is -0.137. The zero-order valence-corrected chi connectivity index (χ0v) is 14.1. The fourth-order valence-electron chi connectivity index (χ4n) is 2.12. The molecule has 1 N–H and O–H groups in total. The van der Waals surface area contributed by atoms with Crippen LogP contribution in [-0.2, 0) is 16.2 Å². The van der Waals surface area contributed by atoms with E-state index in [1.165, 1.54) is 12.3 Å². The van der Waals surface area contributed by atoms with Gasteiger partial charge in [-0.3, -0.25) is 4.72 Å². The van der Waals surface area contributed by atoms with Crippen LogP contribution in [0, 0.1) is 6.57 Å². The normalized spacial score (nSPS) is 12.1. The molecule has 0 aliphatic carbocycles. The van der Waals surface area contributed by atoms with Gasteiger partial charge in [0, 0.05) is 12.3 Å². The number of rotatable bonds is 3. The number of nitrogens with one attached hydrogen (secondary N) is 1. The number of halogens is 4. The molecule has 3 aromatic rings. The smallest absolute Gasteiger partial charge is 0.272 e. The Morgan fingerprint density at radius 1 is 1.27 bits per heavy atom. The van der Waals surface area contributed by atoms with Crippen LogP contribution in [0.4, 0.5) is 24.7 Å². The second-order valence-corrected chi connectivity index (χ2v) is 7.04. The number of sulfonamides is 1. The monoisotopic (exact) mass is 401 g/mol. The Kier molecular flexibility index (Phi) is 4.25. The first kappa shape index (κ1) is 18.0. The van der Waals surface area contributed by atoms with E-state index in [0.717, 1.165) is 22.8 Å². The van der Waals surface area contributed by atoms with E-state index in [1.807, 2.05) is 0 Å². The Labute approximate surface area is 149 Å². The predicted molar refractivity (Wildman–Crippen MR) is 86.5 cm³/mol. The first-order valence-electron chi connectivity index (χ1n) is 6.73. The van der Waals surface area contributed by atoms with Crippen molar-refractivity contribution in [2.45, 2.75) is 11.1 Å². The molecule has 12 heteroatoms. The lowest BCUT2D eigenvalue weighted by atomic mass is 10.2. The van der Waals surface area contributed by atoms with Gasteiger partial charge in [0.05, 0.1) is 28.3 Å². The molecular formula is C14H7ClF3N5O2S. The molecule has 0 aliphatic rings. The number of anilines is 1. The summed E-state index contributed by atoms with van der Waals surface area (Å²) in [5.74, 6) is -0.237. The summed E-state index contributed by atoms with van der Waals surface area (Å²) < 4.78 is 67.1. The van der Waals surface area contributed by atoms with Crippen LogP contribution in [0.2, 0.25) is 5.02 Å². The third kappa shape index (κ3) is 3.16. The van der Waals surface area contributed by atoms with Crippen LogP contribution >= 0.6 is 11.6 Å². The van der Waals surface area contributed by atoms with Crippen LogP contribution in [0.5, 0.6) is 0 Å². The molecule has 0 atom stereocenters. The van der Waals surface area contributed by atoms with E-state index in [-0.39, 0.29) is 17.2 Å². The molecule has 0 bridgehead atoms. The Hall–Kier alpha value is -2.84. The maximum Gasteiger partial charge on any atom is 0.417 e. The molecule has 2 aromatic heterocycles. The molecule has 1 aromatic carbocycles. The molecule has 0 saturated heterocycles. The average Bonchev–Trinajstić information content (AvgIpc) is 3.03. The zero-order valence-electron chi connectivity index (χ0n) is 12.5.